The molecule has 1 N–H and O–H groups in total. The van der Waals surface area contributed by atoms with Crippen molar-refractivity contribution in [3.05, 3.63) is 21.7 Å². The van der Waals surface area contributed by atoms with Crippen molar-refractivity contribution in [1.82, 2.24) is 0 Å². The first-order valence-corrected chi connectivity index (χ1v) is 4.78. The fraction of sp³-hybridized carbons (Fsp3) is 0.333. The number of rotatable bonds is 1. The number of fused-ring (bicyclic) bond motifs is 1. The van der Waals surface area contributed by atoms with Crippen LogP contribution in [0, 0.1) is 0 Å². The Kier molecular flexibility index (Phi) is 2.26. The monoisotopic (exact) mass is 217 g/mol. The number of benzene rings is 1. The molecular formula is C9H9Cl2NO. The highest BCUT2D eigenvalue weighted by Gasteiger charge is 2.20. The van der Waals surface area contributed by atoms with Gasteiger partial charge in [-0.15, -0.1) is 0 Å². The second kappa shape index (κ2) is 3.28. The molecule has 0 radical (unpaired) electrons. The van der Waals surface area contributed by atoms with E-state index in [1.807, 2.05) is 0 Å². The van der Waals surface area contributed by atoms with Crippen LogP contribution in [0.25, 0.3) is 0 Å². The van der Waals surface area contributed by atoms with Gasteiger partial charge < -0.3 is 10.1 Å². The predicted octanol–water partition coefficient (Wildman–Crippen LogP) is 2.97. The minimum atomic E-state index is 0.556. The molecule has 1 aromatic rings. The Bertz CT molecular complexity index is 352. The summed E-state index contributed by atoms with van der Waals surface area (Å²) in [6.45, 7) is 0.895. The number of hydrogen-bond acceptors (Lipinski definition) is 2. The second-order valence-electron chi connectivity index (χ2n) is 2.90. The van der Waals surface area contributed by atoms with Crippen molar-refractivity contribution >= 4 is 28.9 Å². The molecule has 1 aliphatic rings. The lowest BCUT2D eigenvalue weighted by Gasteiger charge is -2.10. The largest absolute Gasteiger partial charge is 0.493 e. The van der Waals surface area contributed by atoms with Crippen LogP contribution in [0.1, 0.15) is 5.56 Å². The van der Waals surface area contributed by atoms with Crippen molar-refractivity contribution in [2.75, 3.05) is 19.0 Å². The first-order valence-electron chi connectivity index (χ1n) is 4.02. The van der Waals surface area contributed by atoms with Crippen LogP contribution in [0.3, 0.4) is 0 Å². The molecule has 0 amide bonds. The van der Waals surface area contributed by atoms with E-state index in [4.69, 9.17) is 27.9 Å². The summed E-state index contributed by atoms with van der Waals surface area (Å²) in [5.74, 6) is 0.693. The van der Waals surface area contributed by atoms with Gasteiger partial charge in [-0.2, -0.15) is 0 Å². The minimum Gasteiger partial charge on any atom is -0.493 e. The fourth-order valence-electron chi connectivity index (χ4n) is 1.58. The van der Waals surface area contributed by atoms with Gasteiger partial charge in [0.1, 0.15) is 0 Å². The molecule has 0 aromatic heterocycles. The van der Waals surface area contributed by atoms with Crippen LogP contribution in [0.2, 0.25) is 10.0 Å². The van der Waals surface area contributed by atoms with E-state index in [1.54, 1.807) is 13.2 Å². The summed E-state index contributed by atoms with van der Waals surface area (Å²) in [6.07, 6.45) is 0.932. The van der Waals surface area contributed by atoms with Gasteiger partial charge in [-0.25, -0.2) is 0 Å². The summed E-state index contributed by atoms with van der Waals surface area (Å²) < 4.78 is 5.19. The number of halogens is 2. The zero-order valence-corrected chi connectivity index (χ0v) is 8.67. The molecule has 13 heavy (non-hydrogen) atoms. The van der Waals surface area contributed by atoms with Gasteiger partial charge in [0.05, 0.1) is 17.8 Å². The van der Waals surface area contributed by atoms with E-state index in [1.165, 1.54) is 0 Å². The SMILES string of the molecule is COc1c(Cl)cc(Cl)c2c1NCC2. The molecule has 0 spiro atoms. The van der Waals surface area contributed by atoms with E-state index in [0.29, 0.717) is 15.8 Å². The predicted molar refractivity (Wildman–Crippen MR) is 55.2 cm³/mol. The number of ether oxygens (including phenoxy) is 1. The van der Waals surface area contributed by atoms with E-state index < -0.39 is 0 Å². The lowest BCUT2D eigenvalue weighted by molar-refractivity contribution is 0.417. The standard InChI is InChI=1S/C9H9Cl2NO/c1-13-9-7(11)4-6(10)5-2-3-12-8(5)9/h4,12H,2-3H2,1H3. The van der Waals surface area contributed by atoms with Crippen LogP contribution >= 0.6 is 23.2 Å². The van der Waals surface area contributed by atoms with Gasteiger partial charge in [-0.3, -0.25) is 0 Å². The average molecular weight is 218 g/mol. The first-order chi connectivity index (χ1) is 6.24. The molecule has 70 valence electrons. The highest BCUT2D eigenvalue weighted by Crippen LogP contribution is 2.42. The third-order valence-corrected chi connectivity index (χ3v) is 2.79. The molecule has 1 heterocycles. The minimum absolute atomic E-state index is 0.556. The lowest BCUT2D eigenvalue weighted by Crippen LogP contribution is -1.94. The molecule has 0 unspecified atom stereocenters. The highest BCUT2D eigenvalue weighted by atomic mass is 35.5. The number of nitrogens with one attached hydrogen (secondary N) is 1. The Labute approximate surface area is 86.8 Å². The Morgan fingerprint density at radius 2 is 2.15 bits per heavy atom. The van der Waals surface area contributed by atoms with Crippen molar-refractivity contribution in [3.8, 4) is 5.75 Å². The van der Waals surface area contributed by atoms with Gasteiger partial charge in [0.25, 0.3) is 0 Å². The molecular weight excluding hydrogens is 209 g/mol. The Morgan fingerprint density at radius 1 is 1.38 bits per heavy atom. The summed E-state index contributed by atoms with van der Waals surface area (Å²) >= 11 is 12.0. The van der Waals surface area contributed by atoms with Crippen molar-refractivity contribution < 1.29 is 4.74 Å². The van der Waals surface area contributed by atoms with E-state index in [0.717, 1.165) is 24.2 Å². The van der Waals surface area contributed by atoms with Crippen LogP contribution < -0.4 is 10.1 Å². The van der Waals surface area contributed by atoms with Gasteiger partial charge in [-0.05, 0) is 18.1 Å². The van der Waals surface area contributed by atoms with E-state index in [9.17, 15) is 0 Å². The number of hydrogen-bond donors (Lipinski definition) is 1. The highest BCUT2D eigenvalue weighted by molar-refractivity contribution is 6.37. The third kappa shape index (κ3) is 1.34. The van der Waals surface area contributed by atoms with Crippen LogP contribution in [-0.2, 0) is 6.42 Å². The smallest absolute Gasteiger partial charge is 0.160 e. The van der Waals surface area contributed by atoms with Crippen LogP contribution in [0.4, 0.5) is 5.69 Å². The zero-order valence-electron chi connectivity index (χ0n) is 7.16. The summed E-state index contributed by atoms with van der Waals surface area (Å²) in [7, 11) is 1.61. The maximum atomic E-state index is 6.02. The van der Waals surface area contributed by atoms with E-state index in [2.05, 4.69) is 5.32 Å². The molecule has 0 aliphatic carbocycles. The molecule has 0 atom stereocenters. The second-order valence-corrected chi connectivity index (χ2v) is 3.72. The Balaban J connectivity index is 2.65. The topological polar surface area (TPSA) is 21.3 Å². The molecule has 0 saturated carbocycles. The van der Waals surface area contributed by atoms with E-state index in [-0.39, 0.29) is 0 Å². The van der Waals surface area contributed by atoms with Gasteiger partial charge in [0.2, 0.25) is 0 Å². The average Bonchev–Trinajstić information content (AvgIpc) is 2.53. The lowest BCUT2D eigenvalue weighted by atomic mass is 10.1. The Hall–Kier alpha value is -0.600. The van der Waals surface area contributed by atoms with E-state index >= 15 is 0 Å². The van der Waals surface area contributed by atoms with Gasteiger partial charge in [0, 0.05) is 11.6 Å². The van der Waals surface area contributed by atoms with Gasteiger partial charge in [0.15, 0.2) is 5.75 Å². The quantitative estimate of drug-likeness (QED) is 0.782. The summed E-state index contributed by atoms with van der Waals surface area (Å²) in [5, 5.41) is 4.48. The summed E-state index contributed by atoms with van der Waals surface area (Å²) in [5.41, 5.74) is 2.04. The van der Waals surface area contributed by atoms with Crippen molar-refractivity contribution in [2.45, 2.75) is 6.42 Å². The molecule has 1 aromatic carbocycles. The maximum absolute atomic E-state index is 6.02. The third-order valence-electron chi connectivity index (χ3n) is 2.17. The molecule has 2 rings (SSSR count). The molecule has 0 bridgehead atoms. The first kappa shape index (κ1) is 8.97. The molecule has 4 heteroatoms. The normalized spacial score (nSPS) is 13.8. The van der Waals surface area contributed by atoms with Crippen molar-refractivity contribution in [1.29, 1.82) is 0 Å². The molecule has 1 aliphatic heterocycles. The Morgan fingerprint density at radius 3 is 2.85 bits per heavy atom. The fourth-order valence-corrected chi connectivity index (χ4v) is 2.22. The van der Waals surface area contributed by atoms with Crippen molar-refractivity contribution in [3.63, 3.8) is 0 Å². The maximum Gasteiger partial charge on any atom is 0.160 e. The van der Waals surface area contributed by atoms with Crippen LogP contribution in [0.15, 0.2) is 6.07 Å². The zero-order chi connectivity index (χ0) is 9.42. The number of anilines is 1. The molecule has 2 nitrogen and oxygen atoms in total. The van der Waals surface area contributed by atoms with Crippen LogP contribution in [0.5, 0.6) is 5.75 Å². The summed E-state index contributed by atoms with van der Waals surface area (Å²) in [6, 6.07) is 1.73. The van der Waals surface area contributed by atoms with Gasteiger partial charge >= 0.3 is 0 Å². The van der Waals surface area contributed by atoms with Gasteiger partial charge in [-0.1, -0.05) is 23.2 Å². The van der Waals surface area contributed by atoms with Crippen molar-refractivity contribution in [2.24, 2.45) is 0 Å². The molecule has 0 fully saturated rings. The molecule has 0 saturated heterocycles. The summed E-state index contributed by atoms with van der Waals surface area (Å²) in [4.78, 5) is 0. The number of methoxy groups -OCH3 is 1. The van der Waals surface area contributed by atoms with Crippen LogP contribution in [-0.4, -0.2) is 13.7 Å².